The molecule has 25 heavy (non-hydrogen) atoms. The van der Waals surface area contributed by atoms with Crippen molar-refractivity contribution in [3.05, 3.63) is 65.5 Å². The fraction of sp³-hybridized carbons (Fsp3) is 0.350. The third-order valence-corrected chi connectivity index (χ3v) is 4.12. The predicted octanol–water partition coefficient (Wildman–Crippen LogP) is 4.12. The van der Waals surface area contributed by atoms with Gasteiger partial charge in [-0.3, -0.25) is 0 Å². The summed E-state index contributed by atoms with van der Waals surface area (Å²) < 4.78 is 18.5. The molecular weight excluding hydrogens is 319 g/mol. The Morgan fingerprint density at radius 2 is 1.92 bits per heavy atom. The van der Waals surface area contributed by atoms with E-state index in [4.69, 9.17) is 4.74 Å². The normalized spacial score (nSPS) is 13.5. The zero-order chi connectivity index (χ0) is 17.5. The number of ether oxygens (including phenoxy) is 1. The largest absolute Gasteiger partial charge is 0.376 e. The zero-order valence-electron chi connectivity index (χ0n) is 14.1. The highest BCUT2D eigenvalue weighted by Crippen LogP contribution is 2.29. The van der Waals surface area contributed by atoms with Crippen LogP contribution < -0.4 is 10.6 Å². The molecule has 4 nitrogen and oxygen atoms in total. The number of anilines is 1. The highest BCUT2D eigenvalue weighted by atomic mass is 19.1. The Morgan fingerprint density at radius 3 is 2.68 bits per heavy atom. The molecule has 1 fully saturated rings. The van der Waals surface area contributed by atoms with Crippen LogP contribution in [0.15, 0.2) is 48.5 Å². The van der Waals surface area contributed by atoms with Gasteiger partial charge >= 0.3 is 6.03 Å². The van der Waals surface area contributed by atoms with Crippen LogP contribution in [0.4, 0.5) is 14.9 Å². The van der Waals surface area contributed by atoms with Gasteiger partial charge in [-0.2, -0.15) is 0 Å². The lowest BCUT2D eigenvalue weighted by Crippen LogP contribution is -2.30. The van der Waals surface area contributed by atoms with E-state index in [-0.39, 0.29) is 11.8 Å². The van der Waals surface area contributed by atoms with Gasteiger partial charge in [-0.1, -0.05) is 24.3 Å². The Labute approximate surface area is 147 Å². The molecule has 0 aliphatic heterocycles. The maximum atomic E-state index is 12.8. The summed E-state index contributed by atoms with van der Waals surface area (Å²) in [6.07, 6.45) is 3.21. The molecular formula is C20H23FN2O2. The Morgan fingerprint density at radius 1 is 1.12 bits per heavy atom. The third kappa shape index (κ3) is 6.19. The minimum absolute atomic E-state index is 0.252. The summed E-state index contributed by atoms with van der Waals surface area (Å²) in [4.78, 5) is 12.0. The van der Waals surface area contributed by atoms with Crippen molar-refractivity contribution in [3.63, 3.8) is 0 Å². The molecule has 1 saturated carbocycles. The van der Waals surface area contributed by atoms with Gasteiger partial charge in [-0.25, -0.2) is 9.18 Å². The number of urea groups is 1. The van der Waals surface area contributed by atoms with E-state index in [1.807, 2.05) is 24.3 Å². The molecule has 0 unspecified atom stereocenters. The van der Waals surface area contributed by atoms with Crippen molar-refractivity contribution < 1.29 is 13.9 Å². The van der Waals surface area contributed by atoms with E-state index in [9.17, 15) is 9.18 Å². The molecule has 2 N–H and O–H groups in total. The van der Waals surface area contributed by atoms with Crippen LogP contribution >= 0.6 is 0 Å². The predicted molar refractivity (Wildman–Crippen MR) is 95.9 cm³/mol. The van der Waals surface area contributed by atoms with Crippen LogP contribution in [0.2, 0.25) is 0 Å². The van der Waals surface area contributed by atoms with Crippen molar-refractivity contribution in [1.82, 2.24) is 5.32 Å². The Bertz CT molecular complexity index is 699. The SMILES string of the molecule is O=C(NCCc1ccc(F)cc1)Nc1cccc(COCC2CC2)c1. The number of carbonyl (C=O) groups is 1. The van der Waals surface area contributed by atoms with Crippen molar-refractivity contribution in [3.8, 4) is 0 Å². The van der Waals surface area contributed by atoms with Crippen LogP contribution in [-0.2, 0) is 17.8 Å². The minimum atomic E-state index is -0.254. The summed E-state index contributed by atoms with van der Waals surface area (Å²) in [5, 5.41) is 5.63. The van der Waals surface area contributed by atoms with Gasteiger partial charge < -0.3 is 15.4 Å². The van der Waals surface area contributed by atoms with Gasteiger partial charge in [0.1, 0.15) is 5.82 Å². The van der Waals surface area contributed by atoms with E-state index in [0.29, 0.717) is 19.6 Å². The number of rotatable bonds is 8. The number of hydrogen-bond acceptors (Lipinski definition) is 2. The summed E-state index contributed by atoms with van der Waals surface area (Å²) >= 11 is 0. The van der Waals surface area contributed by atoms with E-state index in [1.54, 1.807) is 12.1 Å². The Balaban J connectivity index is 1.39. The fourth-order valence-electron chi connectivity index (χ4n) is 2.51. The summed E-state index contributed by atoms with van der Waals surface area (Å²) in [6.45, 7) is 1.88. The molecule has 5 heteroatoms. The standard InChI is InChI=1S/C20H23FN2O2/c21-18-8-6-15(7-9-18)10-11-22-20(24)23-19-3-1-2-17(12-19)14-25-13-16-4-5-16/h1-3,6-9,12,16H,4-5,10-11,13-14H2,(H2,22,23,24). The van der Waals surface area contributed by atoms with Crippen LogP contribution in [0.5, 0.6) is 0 Å². The van der Waals surface area contributed by atoms with Gasteiger partial charge in [0, 0.05) is 18.8 Å². The van der Waals surface area contributed by atoms with Gasteiger partial charge in [0.25, 0.3) is 0 Å². The lowest BCUT2D eigenvalue weighted by molar-refractivity contribution is 0.111. The van der Waals surface area contributed by atoms with Crippen LogP contribution in [0, 0.1) is 11.7 Å². The molecule has 0 atom stereocenters. The van der Waals surface area contributed by atoms with Crippen molar-refractivity contribution in [2.75, 3.05) is 18.5 Å². The highest BCUT2D eigenvalue weighted by Gasteiger charge is 2.20. The van der Waals surface area contributed by atoms with Crippen molar-refractivity contribution in [2.24, 2.45) is 5.92 Å². The first-order valence-corrected chi connectivity index (χ1v) is 8.65. The lowest BCUT2D eigenvalue weighted by Gasteiger charge is -2.09. The monoisotopic (exact) mass is 342 g/mol. The molecule has 0 spiro atoms. The average Bonchev–Trinajstić information content (AvgIpc) is 3.41. The van der Waals surface area contributed by atoms with E-state index in [0.717, 1.165) is 29.3 Å². The molecule has 2 amide bonds. The maximum Gasteiger partial charge on any atom is 0.319 e. The molecule has 132 valence electrons. The van der Waals surface area contributed by atoms with Crippen LogP contribution in [-0.4, -0.2) is 19.2 Å². The number of nitrogens with one attached hydrogen (secondary N) is 2. The number of hydrogen-bond donors (Lipinski definition) is 2. The summed E-state index contributed by atoms with van der Waals surface area (Å²) in [5.41, 5.74) is 2.77. The van der Waals surface area contributed by atoms with Gasteiger partial charge in [0.05, 0.1) is 6.61 Å². The molecule has 3 rings (SSSR count). The van der Waals surface area contributed by atoms with Crippen molar-refractivity contribution >= 4 is 11.7 Å². The van der Waals surface area contributed by atoms with Gasteiger partial charge in [0.15, 0.2) is 0 Å². The molecule has 1 aliphatic carbocycles. The molecule has 1 aliphatic rings. The maximum absolute atomic E-state index is 12.8. The second kappa shape index (κ2) is 8.62. The quantitative estimate of drug-likeness (QED) is 0.758. The van der Waals surface area contributed by atoms with Crippen molar-refractivity contribution in [1.29, 1.82) is 0 Å². The molecule has 0 radical (unpaired) electrons. The topological polar surface area (TPSA) is 50.4 Å². The second-order valence-corrected chi connectivity index (χ2v) is 6.42. The van der Waals surface area contributed by atoms with Crippen LogP contribution in [0.1, 0.15) is 24.0 Å². The van der Waals surface area contributed by atoms with Crippen LogP contribution in [0.3, 0.4) is 0 Å². The zero-order valence-corrected chi connectivity index (χ0v) is 14.1. The molecule has 0 aromatic heterocycles. The number of carbonyl (C=O) groups excluding carboxylic acids is 1. The van der Waals surface area contributed by atoms with Crippen molar-refractivity contribution in [2.45, 2.75) is 25.9 Å². The van der Waals surface area contributed by atoms with E-state index in [1.165, 1.54) is 25.0 Å². The van der Waals surface area contributed by atoms with Gasteiger partial charge in [-0.15, -0.1) is 0 Å². The first-order chi connectivity index (χ1) is 12.2. The smallest absolute Gasteiger partial charge is 0.319 e. The first-order valence-electron chi connectivity index (χ1n) is 8.65. The summed E-state index contributed by atoms with van der Waals surface area (Å²) in [7, 11) is 0. The summed E-state index contributed by atoms with van der Waals surface area (Å²) in [5.74, 6) is 0.489. The highest BCUT2D eigenvalue weighted by molar-refractivity contribution is 5.89. The number of benzene rings is 2. The fourth-order valence-corrected chi connectivity index (χ4v) is 2.51. The average molecular weight is 342 g/mol. The van der Waals surface area contributed by atoms with Crippen LogP contribution in [0.25, 0.3) is 0 Å². The Hall–Kier alpha value is -2.40. The number of amides is 2. The summed E-state index contributed by atoms with van der Waals surface area (Å²) in [6, 6.07) is 13.7. The minimum Gasteiger partial charge on any atom is -0.376 e. The Kier molecular flexibility index (Phi) is 6.01. The molecule has 2 aromatic rings. The first kappa shape index (κ1) is 17.4. The van der Waals surface area contributed by atoms with E-state index in [2.05, 4.69) is 10.6 Å². The van der Waals surface area contributed by atoms with E-state index >= 15 is 0 Å². The van der Waals surface area contributed by atoms with E-state index < -0.39 is 0 Å². The molecule has 2 aromatic carbocycles. The molecule has 0 heterocycles. The lowest BCUT2D eigenvalue weighted by atomic mass is 10.1. The molecule has 0 bridgehead atoms. The van der Waals surface area contributed by atoms with Gasteiger partial charge in [0.2, 0.25) is 0 Å². The van der Waals surface area contributed by atoms with Gasteiger partial charge in [-0.05, 0) is 60.6 Å². The third-order valence-electron chi connectivity index (χ3n) is 4.12. The number of halogens is 1. The second-order valence-electron chi connectivity index (χ2n) is 6.42. The molecule has 0 saturated heterocycles.